The van der Waals surface area contributed by atoms with Crippen LogP contribution in [0.4, 0.5) is 13.2 Å². The Labute approximate surface area is 398 Å². The van der Waals surface area contributed by atoms with E-state index in [0.29, 0.717) is 0 Å². The monoisotopic (exact) mass is 1000 g/mol. The molecule has 0 heterocycles. The summed E-state index contributed by atoms with van der Waals surface area (Å²) < 4.78 is 48.6. The van der Waals surface area contributed by atoms with Crippen LogP contribution >= 0.6 is 24.8 Å². The second kappa shape index (κ2) is 16.5. The van der Waals surface area contributed by atoms with E-state index < -0.39 is 30.0 Å². The zero-order chi connectivity index (χ0) is 42.8. The fraction of sp³-hybridized carbons (Fsp3) is 0.379. The number of hydrogen-bond acceptors (Lipinski definition) is 0. The van der Waals surface area contributed by atoms with E-state index in [0.717, 1.165) is 24.7 Å². The van der Waals surface area contributed by atoms with Gasteiger partial charge in [-0.15, -0.1) is 24.8 Å². The van der Waals surface area contributed by atoms with Gasteiger partial charge < -0.3 is 0 Å². The summed E-state index contributed by atoms with van der Waals surface area (Å²) in [7, 11) is 0. The molecule has 6 aromatic rings. The van der Waals surface area contributed by atoms with Crippen molar-refractivity contribution in [2.75, 3.05) is 0 Å². The Kier molecular flexibility index (Phi) is 11.6. The van der Waals surface area contributed by atoms with Crippen molar-refractivity contribution in [3.05, 3.63) is 155 Å². The number of allylic oxidation sites excluding steroid dienone is 2. The predicted molar refractivity (Wildman–Crippen MR) is 272 cm³/mol. The Balaban J connectivity index is 0.00000249. The van der Waals surface area contributed by atoms with Crippen LogP contribution < -0.4 is 0 Å². The van der Waals surface area contributed by atoms with Crippen molar-refractivity contribution < 1.29 is 30.6 Å². The molecule has 0 aliphatic heterocycles. The number of rotatable bonds is 10. The summed E-state index contributed by atoms with van der Waals surface area (Å²) in [4.78, 5) is 0. The van der Waals surface area contributed by atoms with E-state index in [1.54, 1.807) is 0 Å². The fourth-order valence-electron chi connectivity index (χ4n) is 15.4. The van der Waals surface area contributed by atoms with Gasteiger partial charge in [-0.25, -0.2) is 0 Å². The molecule has 4 saturated carbocycles. The first-order valence-corrected chi connectivity index (χ1v) is 37.1. The van der Waals surface area contributed by atoms with Crippen molar-refractivity contribution >= 4 is 65.4 Å². The first-order valence-electron chi connectivity index (χ1n) is 24.1. The molecule has 336 valence electrons. The van der Waals surface area contributed by atoms with Crippen LogP contribution in [0.3, 0.4) is 0 Å². The molecule has 7 heteroatoms. The van der Waals surface area contributed by atoms with Crippen molar-refractivity contribution in [1.82, 2.24) is 0 Å². The fourth-order valence-corrected chi connectivity index (χ4v) is 39.1. The van der Waals surface area contributed by atoms with Crippen LogP contribution in [0.1, 0.15) is 113 Å². The second-order valence-corrected chi connectivity index (χ2v) is 50.7. The summed E-state index contributed by atoms with van der Waals surface area (Å²) in [6, 6.07) is 44.6. The first-order chi connectivity index (χ1) is 30.3. The SMILES string of the molecule is Cl.Cl.[CH3][Zr](=[SiH2])([CH2]CC(F)(F)F)([CH]1C(CC23CCC(CC2)C3)=Cc2c(-c3ccc4ccccc4c3)cccc21)[CH]1C(CC23CCC(CC2)C3)=Cc2c(-c3ccc4ccccc4c3)cccc21. The quantitative estimate of drug-likeness (QED) is 0.120. The molecule has 6 aliphatic carbocycles. The molecule has 12 rings (SSSR count). The van der Waals surface area contributed by atoms with Gasteiger partial charge >= 0.3 is 376 Å². The molecule has 65 heavy (non-hydrogen) atoms. The molecule has 0 N–H and O–H groups in total. The van der Waals surface area contributed by atoms with Crippen molar-refractivity contribution in [3.8, 4) is 22.3 Å². The third-order valence-electron chi connectivity index (χ3n) is 18.2. The summed E-state index contributed by atoms with van der Waals surface area (Å²) in [6.07, 6.45) is 15.1. The van der Waals surface area contributed by atoms with Gasteiger partial charge in [-0.1, -0.05) is 0 Å². The number of benzene rings is 6. The van der Waals surface area contributed by atoms with Gasteiger partial charge in [0.1, 0.15) is 0 Å². The van der Waals surface area contributed by atoms with Crippen molar-refractivity contribution in [2.24, 2.45) is 22.7 Å². The molecular weight excluding hydrogens is 944 g/mol. The molecule has 6 aliphatic rings. The van der Waals surface area contributed by atoms with Gasteiger partial charge in [-0.05, 0) is 0 Å². The van der Waals surface area contributed by atoms with E-state index in [4.69, 9.17) is 0 Å². The summed E-state index contributed by atoms with van der Waals surface area (Å²) in [5, 5.41) is 4.88. The van der Waals surface area contributed by atoms with Crippen molar-refractivity contribution in [3.63, 3.8) is 0 Å². The summed E-state index contributed by atoms with van der Waals surface area (Å²) in [5.41, 5.74) is 13.5. The molecule has 6 aromatic carbocycles. The molecule has 0 radical (unpaired) electrons. The third kappa shape index (κ3) is 7.74. The topological polar surface area (TPSA) is 0 Å². The van der Waals surface area contributed by atoms with Crippen LogP contribution in [0, 0.1) is 22.7 Å². The van der Waals surface area contributed by atoms with Gasteiger partial charge in [0.25, 0.3) is 0 Å². The van der Waals surface area contributed by atoms with Crippen molar-refractivity contribution in [1.29, 1.82) is 0 Å². The van der Waals surface area contributed by atoms with Crippen LogP contribution in [-0.4, -0.2) is 13.1 Å². The standard InChI is InChI=1S/2C27H25.C3H4F3.CH3.2ClH.H2Si.Zr/c2*1-2-5-22-16-24(9-8-21(22)4-1)25-7-3-6-23-14-20(15-26(23)25)18-27-12-10-19(17-27)11-13-27;1-2-3(4,5)6;;;;;/h2*1-9,14-16,19H,10-13,17-18H2;1-2H2;1H3;2*1H;1H2;. The summed E-state index contributed by atoms with van der Waals surface area (Å²) in [5.74, 6) is 1.62. The molecule has 0 amide bonds. The van der Waals surface area contributed by atoms with Gasteiger partial charge in [-0.2, -0.15) is 0 Å². The van der Waals surface area contributed by atoms with Gasteiger partial charge in [-0.3, -0.25) is 0 Å². The van der Waals surface area contributed by atoms with Crippen LogP contribution in [0.5, 0.6) is 0 Å². The minimum atomic E-state index is -4.92. The molecular formula is C58H61Cl2F3SiZr. The Morgan fingerprint density at radius 3 is 1.35 bits per heavy atom. The minimum absolute atomic E-state index is 0. The van der Waals surface area contributed by atoms with Crippen LogP contribution in [-0.2, 0) is 17.4 Å². The van der Waals surface area contributed by atoms with Gasteiger partial charge in [0, 0.05) is 0 Å². The zero-order valence-corrected chi connectivity index (χ0v) is 43.1. The van der Waals surface area contributed by atoms with E-state index in [1.807, 2.05) is 0 Å². The van der Waals surface area contributed by atoms with Gasteiger partial charge in [0.05, 0.1) is 0 Å². The number of alkyl halides is 3. The number of halogens is 5. The van der Waals surface area contributed by atoms with E-state index in [1.165, 1.54) is 141 Å². The van der Waals surface area contributed by atoms with E-state index in [9.17, 15) is 0 Å². The maximum absolute atomic E-state index is 15.2. The molecule has 0 nitrogen and oxygen atoms in total. The Hall–Kier alpha value is -3.21. The molecule has 4 fully saturated rings. The van der Waals surface area contributed by atoms with Gasteiger partial charge in [0.2, 0.25) is 0 Å². The Morgan fingerprint density at radius 1 is 0.554 bits per heavy atom. The first kappa shape index (κ1) is 45.6. The number of hydrogen-bond donors (Lipinski definition) is 0. The summed E-state index contributed by atoms with van der Waals surface area (Å²) in [6.45, 7) is 2.19. The second-order valence-electron chi connectivity index (χ2n) is 22.3. The average Bonchev–Trinajstić information content (AvgIpc) is 4.16. The van der Waals surface area contributed by atoms with Crippen molar-refractivity contribution in [2.45, 2.75) is 106 Å². The normalized spacial score (nSPS) is 26.5. The third-order valence-corrected chi connectivity index (χ3v) is 41.1. The summed E-state index contributed by atoms with van der Waals surface area (Å²) >= 11 is -4.92. The predicted octanol–water partition coefficient (Wildman–Crippen LogP) is 17.3. The maximum atomic E-state index is 15.2. The molecule has 0 spiro atoms. The number of fused-ring (bicyclic) bond motifs is 8. The van der Waals surface area contributed by atoms with Crippen LogP contribution in [0.15, 0.2) is 132 Å². The zero-order valence-electron chi connectivity index (χ0n) is 37.6. The molecule has 0 aromatic heterocycles. The average molecular weight is 1010 g/mol. The molecule has 0 saturated heterocycles. The van der Waals surface area contributed by atoms with E-state index in [-0.39, 0.29) is 47.0 Å². The molecule has 2 atom stereocenters. The van der Waals surface area contributed by atoms with E-state index >= 15 is 13.2 Å². The molecule has 4 bridgehead atoms. The Morgan fingerprint density at radius 2 is 0.969 bits per heavy atom. The van der Waals surface area contributed by atoms with Crippen LogP contribution in [0.25, 0.3) is 56.0 Å². The molecule has 2 unspecified atom stereocenters. The van der Waals surface area contributed by atoms with Gasteiger partial charge in [0.15, 0.2) is 0 Å². The van der Waals surface area contributed by atoms with E-state index in [2.05, 4.69) is 145 Å². The van der Waals surface area contributed by atoms with Crippen LogP contribution in [0.2, 0.25) is 8.76 Å². The Bertz CT molecular complexity index is 2800.